The highest BCUT2D eigenvalue weighted by Crippen LogP contribution is 2.37. The quantitative estimate of drug-likeness (QED) is 0.454. The molecule has 0 bridgehead atoms. The molecule has 1 heterocycles. The topological polar surface area (TPSA) is 48.4 Å². The number of aromatic nitrogens is 1. The molecule has 0 saturated carbocycles. The van der Waals surface area contributed by atoms with Crippen LogP contribution in [0.15, 0.2) is 78.9 Å². The first-order valence-electron chi connectivity index (χ1n) is 8.94. The molecule has 0 aliphatic carbocycles. The molecule has 3 aromatic carbocycles. The van der Waals surface area contributed by atoms with Crippen molar-refractivity contribution < 1.29 is 14.3 Å². The van der Waals surface area contributed by atoms with Gasteiger partial charge in [-0.1, -0.05) is 54.6 Å². The zero-order valence-electron chi connectivity index (χ0n) is 15.7. The third-order valence-electron chi connectivity index (χ3n) is 4.72. The van der Waals surface area contributed by atoms with Crippen LogP contribution in [0, 0.1) is 0 Å². The summed E-state index contributed by atoms with van der Waals surface area (Å²) in [6, 6.07) is 25.4. The fraction of sp³-hybridized carbons (Fsp3) is 0.0833. The average Bonchev–Trinajstić information content (AvgIpc) is 2.78. The fourth-order valence-corrected chi connectivity index (χ4v) is 3.37. The van der Waals surface area contributed by atoms with Gasteiger partial charge in [-0.2, -0.15) is 0 Å². The van der Waals surface area contributed by atoms with Gasteiger partial charge in [0, 0.05) is 16.5 Å². The van der Waals surface area contributed by atoms with E-state index < -0.39 is 5.97 Å². The van der Waals surface area contributed by atoms with Gasteiger partial charge in [0.1, 0.15) is 5.75 Å². The van der Waals surface area contributed by atoms with Gasteiger partial charge in [-0.15, -0.1) is 0 Å². The van der Waals surface area contributed by atoms with E-state index in [4.69, 9.17) is 14.5 Å². The second-order valence-electron chi connectivity index (χ2n) is 6.32. The summed E-state index contributed by atoms with van der Waals surface area (Å²) in [5.74, 6) is 0.307. The predicted octanol–water partition coefficient (Wildman–Crippen LogP) is 5.36. The number of pyridine rings is 1. The lowest BCUT2D eigenvalue weighted by Gasteiger charge is -2.15. The lowest BCUT2D eigenvalue weighted by atomic mass is 9.94. The monoisotopic (exact) mass is 369 g/mol. The van der Waals surface area contributed by atoms with E-state index in [1.165, 1.54) is 7.11 Å². The largest absolute Gasteiger partial charge is 0.497 e. The third-order valence-corrected chi connectivity index (χ3v) is 4.72. The molecule has 4 aromatic rings. The van der Waals surface area contributed by atoms with Crippen molar-refractivity contribution in [3.05, 3.63) is 84.6 Å². The molecule has 0 aliphatic rings. The Kier molecular flexibility index (Phi) is 4.77. The summed E-state index contributed by atoms with van der Waals surface area (Å²) in [5.41, 5.74) is 3.64. The minimum Gasteiger partial charge on any atom is -0.497 e. The molecule has 0 amide bonds. The molecule has 0 spiro atoms. The van der Waals surface area contributed by atoms with Crippen LogP contribution in [0.2, 0.25) is 0 Å². The van der Waals surface area contributed by atoms with Gasteiger partial charge >= 0.3 is 5.97 Å². The van der Waals surface area contributed by atoms with Crippen molar-refractivity contribution in [3.8, 4) is 28.1 Å². The first kappa shape index (κ1) is 17.7. The Labute approximate surface area is 163 Å². The molecular formula is C24H19NO3. The second kappa shape index (κ2) is 7.53. The number of benzene rings is 3. The lowest BCUT2D eigenvalue weighted by molar-refractivity contribution is 0.0595. The van der Waals surface area contributed by atoms with Gasteiger partial charge in [0.25, 0.3) is 0 Å². The van der Waals surface area contributed by atoms with Gasteiger partial charge in [0.05, 0.1) is 19.9 Å². The van der Waals surface area contributed by atoms with E-state index >= 15 is 0 Å². The molecule has 28 heavy (non-hydrogen) atoms. The van der Waals surface area contributed by atoms with Crippen LogP contribution in [0.25, 0.3) is 33.2 Å². The highest BCUT2D eigenvalue weighted by atomic mass is 16.5. The number of hydrogen-bond donors (Lipinski definition) is 0. The molecular weight excluding hydrogens is 350 g/mol. The number of esters is 1. The van der Waals surface area contributed by atoms with Crippen molar-refractivity contribution in [1.82, 2.24) is 4.98 Å². The normalized spacial score (nSPS) is 10.6. The highest BCUT2D eigenvalue weighted by molar-refractivity contribution is 6.10. The van der Waals surface area contributed by atoms with E-state index in [-0.39, 0.29) is 0 Å². The summed E-state index contributed by atoms with van der Waals surface area (Å²) in [5, 5.41) is 1.93. The van der Waals surface area contributed by atoms with Crippen molar-refractivity contribution in [2.45, 2.75) is 0 Å². The Morgan fingerprint density at radius 3 is 2.04 bits per heavy atom. The van der Waals surface area contributed by atoms with Gasteiger partial charge in [-0.3, -0.25) is 0 Å². The Morgan fingerprint density at radius 2 is 1.39 bits per heavy atom. The van der Waals surface area contributed by atoms with Crippen LogP contribution in [0.1, 0.15) is 10.5 Å². The smallest absolute Gasteiger partial charge is 0.357 e. The number of fused-ring (bicyclic) bond motifs is 1. The zero-order valence-corrected chi connectivity index (χ0v) is 15.7. The van der Waals surface area contributed by atoms with Crippen LogP contribution in [0.5, 0.6) is 5.75 Å². The molecule has 0 aliphatic heterocycles. The van der Waals surface area contributed by atoms with Crippen molar-refractivity contribution >= 4 is 16.7 Å². The molecule has 4 heteroatoms. The van der Waals surface area contributed by atoms with Crippen LogP contribution >= 0.6 is 0 Å². The summed E-state index contributed by atoms with van der Waals surface area (Å²) in [6.07, 6.45) is 0. The summed E-state index contributed by atoms with van der Waals surface area (Å²) >= 11 is 0. The Morgan fingerprint density at radius 1 is 0.750 bits per heavy atom. The molecule has 0 atom stereocenters. The number of rotatable bonds is 4. The van der Waals surface area contributed by atoms with Gasteiger partial charge < -0.3 is 9.47 Å². The maximum atomic E-state index is 12.6. The van der Waals surface area contributed by atoms with Crippen molar-refractivity contribution in [3.63, 3.8) is 0 Å². The standard InChI is InChI=1S/C24H19NO3/c1-27-18-14-12-17(13-15-18)22-20-11-7-6-10-19(20)21(16-8-4-3-5-9-16)23(25-22)24(26)28-2/h3-15H,1-2H3. The van der Waals surface area contributed by atoms with Crippen LogP contribution in [-0.2, 0) is 4.74 Å². The highest BCUT2D eigenvalue weighted by Gasteiger charge is 2.21. The van der Waals surface area contributed by atoms with E-state index in [1.54, 1.807) is 7.11 Å². The molecule has 0 fully saturated rings. The fourth-order valence-electron chi connectivity index (χ4n) is 3.37. The summed E-state index contributed by atoms with van der Waals surface area (Å²) < 4.78 is 10.3. The second-order valence-corrected chi connectivity index (χ2v) is 6.32. The predicted molar refractivity (Wildman–Crippen MR) is 111 cm³/mol. The number of ether oxygens (including phenoxy) is 2. The minimum absolute atomic E-state index is 0.304. The summed E-state index contributed by atoms with van der Waals surface area (Å²) in [6.45, 7) is 0. The van der Waals surface area contributed by atoms with E-state index in [0.717, 1.165) is 38.9 Å². The molecule has 138 valence electrons. The molecule has 0 saturated heterocycles. The minimum atomic E-state index is -0.459. The zero-order chi connectivity index (χ0) is 19.5. The number of nitrogens with zero attached hydrogens (tertiary/aromatic N) is 1. The molecule has 4 nitrogen and oxygen atoms in total. The Bertz CT molecular complexity index is 1140. The maximum Gasteiger partial charge on any atom is 0.357 e. The summed E-state index contributed by atoms with van der Waals surface area (Å²) in [7, 11) is 3.01. The van der Waals surface area contributed by atoms with Gasteiger partial charge in [0.2, 0.25) is 0 Å². The maximum absolute atomic E-state index is 12.6. The molecule has 1 aromatic heterocycles. The SMILES string of the molecule is COC(=O)c1nc(-c2ccc(OC)cc2)c2ccccc2c1-c1ccccc1. The van der Waals surface area contributed by atoms with Crippen molar-refractivity contribution in [2.75, 3.05) is 14.2 Å². The van der Waals surface area contributed by atoms with Crippen LogP contribution in [0.3, 0.4) is 0 Å². The van der Waals surface area contributed by atoms with Crippen LogP contribution in [-0.4, -0.2) is 25.2 Å². The Hall–Kier alpha value is -3.66. The van der Waals surface area contributed by atoms with Gasteiger partial charge in [0.15, 0.2) is 5.69 Å². The third kappa shape index (κ3) is 3.09. The van der Waals surface area contributed by atoms with E-state index in [2.05, 4.69) is 0 Å². The van der Waals surface area contributed by atoms with Crippen molar-refractivity contribution in [1.29, 1.82) is 0 Å². The number of methoxy groups -OCH3 is 2. The number of carbonyl (C=O) groups excluding carboxylic acids is 1. The summed E-state index contributed by atoms with van der Waals surface area (Å²) in [4.78, 5) is 17.4. The first-order valence-corrected chi connectivity index (χ1v) is 8.94. The van der Waals surface area contributed by atoms with E-state index in [9.17, 15) is 4.79 Å². The van der Waals surface area contributed by atoms with Crippen molar-refractivity contribution in [2.24, 2.45) is 0 Å². The Balaban J connectivity index is 2.06. The average molecular weight is 369 g/mol. The van der Waals surface area contributed by atoms with Gasteiger partial charge in [-0.05, 0) is 35.2 Å². The van der Waals surface area contributed by atoms with Gasteiger partial charge in [-0.25, -0.2) is 9.78 Å². The van der Waals surface area contributed by atoms with Crippen LogP contribution < -0.4 is 4.74 Å². The first-order chi connectivity index (χ1) is 13.7. The lowest BCUT2D eigenvalue weighted by Crippen LogP contribution is -2.08. The molecule has 0 N–H and O–H groups in total. The van der Waals surface area contributed by atoms with E-state index in [1.807, 2.05) is 78.9 Å². The molecule has 0 unspecified atom stereocenters. The molecule has 4 rings (SSSR count). The van der Waals surface area contributed by atoms with Crippen LogP contribution in [0.4, 0.5) is 0 Å². The number of hydrogen-bond acceptors (Lipinski definition) is 4. The molecule has 0 radical (unpaired) electrons. The number of carbonyl (C=O) groups is 1. The van der Waals surface area contributed by atoms with E-state index in [0.29, 0.717) is 5.69 Å².